The minimum atomic E-state index is -0.264. The van der Waals surface area contributed by atoms with E-state index in [1.54, 1.807) is 12.1 Å². The second kappa shape index (κ2) is 6.87. The summed E-state index contributed by atoms with van der Waals surface area (Å²) < 4.78 is 19.5. The molecule has 0 aliphatic carbocycles. The molecule has 2 heterocycles. The van der Waals surface area contributed by atoms with Gasteiger partial charge in [0.25, 0.3) is 0 Å². The van der Waals surface area contributed by atoms with Crippen LogP contribution in [0.5, 0.6) is 0 Å². The van der Waals surface area contributed by atoms with Gasteiger partial charge in [-0.05, 0) is 48.3 Å². The molecule has 0 spiro atoms. The summed E-state index contributed by atoms with van der Waals surface area (Å²) in [6.45, 7) is 7.10. The number of anilines is 1. The Labute approximate surface area is 137 Å². The lowest BCUT2D eigenvalue weighted by Gasteiger charge is -2.20. The molecular formula is C18H25FN2O2. The summed E-state index contributed by atoms with van der Waals surface area (Å²) in [6.07, 6.45) is 2.13. The molecule has 0 radical (unpaired) electrons. The fourth-order valence-electron chi connectivity index (χ4n) is 3.56. The number of benzene rings is 1. The molecule has 3 rings (SSSR count). The number of hydrogen-bond acceptors (Lipinski definition) is 2. The molecule has 2 fully saturated rings. The molecule has 1 aromatic rings. The highest BCUT2D eigenvalue weighted by Crippen LogP contribution is 2.30. The van der Waals surface area contributed by atoms with E-state index >= 15 is 0 Å². The van der Waals surface area contributed by atoms with Gasteiger partial charge in [0.15, 0.2) is 0 Å². The van der Waals surface area contributed by atoms with E-state index in [1.807, 2.05) is 18.7 Å². The van der Waals surface area contributed by atoms with E-state index in [4.69, 9.17) is 4.74 Å². The van der Waals surface area contributed by atoms with Crippen LogP contribution in [0.4, 0.5) is 14.9 Å². The Bertz CT molecular complexity index is 570. The third kappa shape index (κ3) is 3.66. The summed E-state index contributed by atoms with van der Waals surface area (Å²) in [5.41, 5.74) is 1.19. The van der Waals surface area contributed by atoms with Crippen molar-refractivity contribution in [1.29, 1.82) is 0 Å². The first kappa shape index (κ1) is 16.2. The van der Waals surface area contributed by atoms with Crippen molar-refractivity contribution >= 4 is 11.7 Å². The largest absolute Gasteiger partial charge is 0.381 e. The number of nitrogens with zero attached hydrogens (tertiary/aromatic N) is 1. The van der Waals surface area contributed by atoms with Crippen molar-refractivity contribution in [3.63, 3.8) is 0 Å². The van der Waals surface area contributed by atoms with Gasteiger partial charge in [-0.15, -0.1) is 0 Å². The minimum absolute atomic E-state index is 0.132. The Morgan fingerprint density at radius 2 is 2.17 bits per heavy atom. The van der Waals surface area contributed by atoms with E-state index in [0.29, 0.717) is 23.1 Å². The van der Waals surface area contributed by atoms with Gasteiger partial charge in [-0.3, -0.25) is 0 Å². The van der Waals surface area contributed by atoms with Crippen LogP contribution in [-0.2, 0) is 4.74 Å². The first-order valence-electron chi connectivity index (χ1n) is 8.47. The van der Waals surface area contributed by atoms with E-state index in [9.17, 15) is 9.18 Å². The number of hydrogen-bond donors (Lipinski definition) is 1. The summed E-state index contributed by atoms with van der Waals surface area (Å²) in [7, 11) is 0. The number of nitrogens with one attached hydrogen (secondary N) is 1. The van der Waals surface area contributed by atoms with Crippen LogP contribution in [0.25, 0.3) is 0 Å². The SMILES string of the molecule is CC(C)c1ccc(NC(=O)N2CC[C@@H]([C@@H]3CCOC3)C2)cc1F. The summed E-state index contributed by atoms with van der Waals surface area (Å²) in [5.74, 6) is 0.979. The molecule has 4 nitrogen and oxygen atoms in total. The molecule has 2 amide bonds. The van der Waals surface area contributed by atoms with Gasteiger partial charge in [-0.2, -0.15) is 0 Å². The van der Waals surface area contributed by atoms with E-state index < -0.39 is 0 Å². The standard InChI is InChI=1S/C18H25FN2O2/c1-12(2)16-4-3-15(9-17(16)19)20-18(22)21-7-5-13(10-21)14-6-8-23-11-14/h3-4,9,12-14H,5-8,10-11H2,1-2H3,(H,20,22)/t13-,14-/m1/s1. The number of amides is 2. The van der Waals surface area contributed by atoms with Crippen LogP contribution in [0.2, 0.25) is 0 Å². The molecule has 2 aliphatic heterocycles. The molecule has 0 aromatic heterocycles. The van der Waals surface area contributed by atoms with Crippen LogP contribution in [-0.4, -0.2) is 37.2 Å². The molecule has 2 saturated heterocycles. The van der Waals surface area contributed by atoms with Crippen molar-refractivity contribution in [3.05, 3.63) is 29.6 Å². The van der Waals surface area contributed by atoms with Crippen LogP contribution in [0.1, 0.15) is 38.2 Å². The molecule has 23 heavy (non-hydrogen) atoms. The zero-order valence-corrected chi connectivity index (χ0v) is 13.8. The monoisotopic (exact) mass is 320 g/mol. The zero-order chi connectivity index (χ0) is 16.4. The second-order valence-corrected chi connectivity index (χ2v) is 6.94. The fourth-order valence-corrected chi connectivity index (χ4v) is 3.56. The maximum absolute atomic E-state index is 14.0. The average molecular weight is 320 g/mol. The van der Waals surface area contributed by atoms with Gasteiger partial charge < -0.3 is 15.0 Å². The Morgan fingerprint density at radius 1 is 1.35 bits per heavy atom. The van der Waals surface area contributed by atoms with Gasteiger partial charge >= 0.3 is 6.03 Å². The van der Waals surface area contributed by atoms with Crippen molar-refractivity contribution in [2.75, 3.05) is 31.6 Å². The number of likely N-dealkylation sites (tertiary alicyclic amines) is 1. The molecular weight excluding hydrogens is 295 g/mol. The maximum Gasteiger partial charge on any atom is 0.321 e. The lowest BCUT2D eigenvalue weighted by atomic mass is 9.91. The number of carbonyl (C=O) groups is 1. The van der Waals surface area contributed by atoms with Crippen LogP contribution in [0, 0.1) is 17.7 Å². The Morgan fingerprint density at radius 3 is 2.83 bits per heavy atom. The van der Waals surface area contributed by atoms with Crippen molar-refractivity contribution < 1.29 is 13.9 Å². The predicted octanol–water partition coefficient (Wildman–Crippen LogP) is 3.84. The van der Waals surface area contributed by atoms with E-state index in [2.05, 4.69) is 5.32 Å². The average Bonchev–Trinajstić information content (AvgIpc) is 3.18. The number of ether oxygens (including phenoxy) is 1. The Balaban J connectivity index is 1.58. The number of halogens is 1. The summed E-state index contributed by atoms with van der Waals surface area (Å²) in [4.78, 5) is 14.2. The van der Waals surface area contributed by atoms with Crippen LogP contribution < -0.4 is 5.32 Å². The molecule has 2 aliphatic rings. The second-order valence-electron chi connectivity index (χ2n) is 6.94. The normalized spacial score (nSPS) is 24.4. The Hall–Kier alpha value is -1.62. The minimum Gasteiger partial charge on any atom is -0.381 e. The van der Waals surface area contributed by atoms with Crippen molar-refractivity contribution in [2.45, 2.75) is 32.6 Å². The molecule has 1 aromatic carbocycles. The first-order valence-corrected chi connectivity index (χ1v) is 8.47. The van der Waals surface area contributed by atoms with Gasteiger partial charge in [-0.1, -0.05) is 19.9 Å². The van der Waals surface area contributed by atoms with Crippen LogP contribution in [0.15, 0.2) is 18.2 Å². The van der Waals surface area contributed by atoms with Gasteiger partial charge in [0.2, 0.25) is 0 Å². The van der Waals surface area contributed by atoms with Gasteiger partial charge in [0.05, 0.1) is 0 Å². The fraction of sp³-hybridized carbons (Fsp3) is 0.611. The summed E-state index contributed by atoms with van der Waals surface area (Å²) in [5, 5.41) is 2.82. The topological polar surface area (TPSA) is 41.6 Å². The lowest BCUT2D eigenvalue weighted by Crippen LogP contribution is -2.33. The third-order valence-corrected chi connectivity index (χ3v) is 5.02. The molecule has 0 bridgehead atoms. The van der Waals surface area contributed by atoms with Gasteiger partial charge in [0.1, 0.15) is 5.82 Å². The van der Waals surface area contributed by atoms with E-state index in [-0.39, 0.29) is 17.8 Å². The molecule has 0 saturated carbocycles. The van der Waals surface area contributed by atoms with Crippen LogP contribution >= 0.6 is 0 Å². The first-order chi connectivity index (χ1) is 11.0. The molecule has 5 heteroatoms. The van der Waals surface area contributed by atoms with Crippen molar-refractivity contribution in [3.8, 4) is 0 Å². The van der Waals surface area contributed by atoms with Crippen LogP contribution in [0.3, 0.4) is 0 Å². The maximum atomic E-state index is 14.0. The van der Waals surface area contributed by atoms with Gasteiger partial charge in [0, 0.05) is 32.0 Å². The molecule has 2 atom stereocenters. The predicted molar refractivity (Wildman–Crippen MR) is 88.1 cm³/mol. The summed E-state index contributed by atoms with van der Waals surface area (Å²) in [6, 6.07) is 4.79. The molecule has 126 valence electrons. The Kier molecular flexibility index (Phi) is 4.85. The van der Waals surface area contributed by atoms with Crippen molar-refractivity contribution in [1.82, 2.24) is 4.90 Å². The zero-order valence-electron chi connectivity index (χ0n) is 13.8. The van der Waals surface area contributed by atoms with E-state index in [0.717, 1.165) is 39.1 Å². The lowest BCUT2D eigenvalue weighted by molar-refractivity contribution is 0.171. The number of rotatable bonds is 3. The van der Waals surface area contributed by atoms with Gasteiger partial charge in [-0.25, -0.2) is 9.18 Å². The molecule has 1 N–H and O–H groups in total. The quantitative estimate of drug-likeness (QED) is 0.919. The smallest absolute Gasteiger partial charge is 0.321 e. The summed E-state index contributed by atoms with van der Waals surface area (Å²) >= 11 is 0. The highest BCUT2D eigenvalue weighted by atomic mass is 19.1. The van der Waals surface area contributed by atoms with Crippen molar-refractivity contribution in [2.24, 2.45) is 11.8 Å². The third-order valence-electron chi connectivity index (χ3n) is 5.02. The number of carbonyl (C=O) groups excluding carboxylic acids is 1. The highest BCUT2D eigenvalue weighted by molar-refractivity contribution is 5.89. The van der Waals surface area contributed by atoms with E-state index in [1.165, 1.54) is 6.07 Å². The highest BCUT2D eigenvalue weighted by Gasteiger charge is 2.33. The number of urea groups is 1. The molecule has 0 unspecified atom stereocenters.